The van der Waals surface area contributed by atoms with Gasteiger partial charge in [-0.05, 0) is 22.2 Å². The monoisotopic (exact) mass is 578 g/mol. The molecule has 2 fully saturated rings. The molecule has 14 heteroatoms. The molecule has 0 radical (unpaired) electrons. The number of rotatable bonds is 5. The summed E-state index contributed by atoms with van der Waals surface area (Å²) in [6, 6.07) is 1.000. The number of halogens is 3. The van der Waals surface area contributed by atoms with E-state index in [2.05, 4.69) is 0 Å². The number of ether oxygens (including phenoxy) is 1. The number of H-pyrrole nitrogens is 1. The number of fused-ring (bicyclic) bond motifs is 1. The van der Waals surface area contributed by atoms with Crippen molar-refractivity contribution in [1.82, 2.24) is 9.55 Å². The first kappa shape index (κ1) is 30.8. The summed E-state index contributed by atoms with van der Waals surface area (Å²) in [5, 5.41) is 11.9. The number of aromatic amines is 1. The Labute approximate surface area is 222 Å². The van der Waals surface area contributed by atoms with Crippen molar-refractivity contribution in [3.63, 3.8) is 0 Å². The van der Waals surface area contributed by atoms with Gasteiger partial charge in [0.2, 0.25) is 0 Å². The van der Waals surface area contributed by atoms with Crippen LogP contribution in [-0.4, -0.2) is 62.4 Å². The van der Waals surface area contributed by atoms with E-state index in [9.17, 15) is 27.9 Å². The third-order valence-corrected chi connectivity index (χ3v) is 17.5. The zero-order valence-electron chi connectivity index (χ0n) is 22.9. The molecule has 2 aliphatic rings. The maximum Gasteiger partial charge on any atom is 0.457 e. The second kappa shape index (κ2) is 10.7. The minimum atomic E-state index is -4.94. The minimum absolute atomic E-state index is 0.00468. The average molecular weight is 579 g/mol. The zero-order chi connectivity index (χ0) is 28.8. The van der Waals surface area contributed by atoms with Gasteiger partial charge in [-0.2, -0.15) is 13.2 Å². The Morgan fingerprint density at radius 2 is 1.61 bits per heavy atom. The van der Waals surface area contributed by atoms with Gasteiger partial charge in [0.1, 0.15) is 12.2 Å². The first-order valence-corrected chi connectivity index (χ1v) is 16.7. The topological polar surface area (TPSA) is 112 Å². The molecule has 38 heavy (non-hydrogen) atoms. The molecule has 0 aliphatic carbocycles. The number of nitrogens with zero attached hydrogens (tertiary/aromatic N) is 1. The molecular formula is C24H37F3N2O7Si2. The number of hydrogen-bond acceptors (Lipinski definition) is 7. The van der Waals surface area contributed by atoms with Gasteiger partial charge in [-0.25, -0.2) is 4.79 Å². The fraction of sp³-hybridized carbons (Fsp3) is 0.750. The van der Waals surface area contributed by atoms with Crippen LogP contribution < -0.4 is 11.2 Å². The Morgan fingerprint density at radius 1 is 1.05 bits per heavy atom. The quantitative estimate of drug-likeness (QED) is 0.405. The molecule has 0 aromatic carbocycles. The van der Waals surface area contributed by atoms with E-state index in [-0.39, 0.29) is 28.8 Å². The lowest BCUT2D eigenvalue weighted by molar-refractivity contribution is -0.0808. The largest absolute Gasteiger partial charge is 0.457 e. The van der Waals surface area contributed by atoms with Crippen molar-refractivity contribution in [2.24, 2.45) is 0 Å². The lowest BCUT2D eigenvalue weighted by Gasteiger charge is -2.51. The van der Waals surface area contributed by atoms with E-state index in [0.717, 1.165) is 22.8 Å². The highest BCUT2D eigenvalue weighted by atomic mass is 28.5. The van der Waals surface area contributed by atoms with Crippen molar-refractivity contribution in [2.45, 2.75) is 108 Å². The second-order valence-electron chi connectivity index (χ2n) is 11.1. The maximum atomic E-state index is 13.3. The van der Waals surface area contributed by atoms with Crippen LogP contribution in [-0.2, 0) is 17.7 Å². The van der Waals surface area contributed by atoms with Crippen LogP contribution in [0.25, 0.3) is 0 Å². The molecule has 2 aliphatic heterocycles. The van der Waals surface area contributed by atoms with Gasteiger partial charge in [0, 0.05) is 18.2 Å². The van der Waals surface area contributed by atoms with Crippen LogP contribution in [0.15, 0.2) is 21.9 Å². The lowest BCUT2D eigenvalue weighted by atomic mass is 9.94. The molecule has 2 saturated heterocycles. The summed E-state index contributed by atoms with van der Waals surface area (Å²) >= 11 is 0. The Morgan fingerprint density at radius 3 is 2.08 bits per heavy atom. The van der Waals surface area contributed by atoms with Gasteiger partial charge in [-0.1, -0.05) is 61.3 Å². The SMILES string of the molecule is CC(C)[Si]1(C(C)C)OC[C@H]2O[C@@H](n3ccc(=O)[nH]c3=O)[C@](O)(C#CC(F)(F)F)[C@@H]2O[Si](C(C)C)(C(C)C)O1. The molecule has 1 aromatic rings. The average Bonchev–Trinajstić information content (AvgIpc) is 3.02. The van der Waals surface area contributed by atoms with E-state index < -0.39 is 58.6 Å². The lowest BCUT2D eigenvalue weighted by Crippen LogP contribution is -2.67. The number of aromatic nitrogens is 2. The third-order valence-electron chi connectivity index (χ3n) is 7.28. The van der Waals surface area contributed by atoms with Crippen molar-refractivity contribution in [2.75, 3.05) is 6.61 Å². The van der Waals surface area contributed by atoms with Crippen molar-refractivity contribution in [3.05, 3.63) is 33.1 Å². The highest BCUT2D eigenvalue weighted by Crippen LogP contribution is 2.50. The molecule has 4 atom stereocenters. The van der Waals surface area contributed by atoms with Gasteiger partial charge in [-0.15, -0.1) is 0 Å². The molecule has 0 bridgehead atoms. The Kier molecular flexibility index (Phi) is 8.66. The summed E-state index contributed by atoms with van der Waals surface area (Å²) in [5.41, 5.74) is -4.72. The number of alkyl halides is 3. The molecule has 0 amide bonds. The van der Waals surface area contributed by atoms with Crippen LogP contribution in [0.3, 0.4) is 0 Å². The van der Waals surface area contributed by atoms with Gasteiger partial charge < -0.3 is 22.8 Å². The highest BCUT2D eigenvalue weighted by molar-refractivity contribution is 6.84. The molecule has 0 spiro atoms. The molecular weight excluding hydrogens is 541 g/mol. The third kappa shape index (κ3) is 5.47. The molecule has 1 aromatic heterocycles. The fourth-order valence-electron chi connectivity index (χ4n) is 5.37. The van der Waals surface area contributed by atoms with Crippen molar-refractivity contribution < 1.29 is 36.0 Å². The summed E-state index contributed by atoms with van der Waals surface area (Å²) < 4.78 is 67.0. The summed E-state index contributed by atoms with van der Waals surface area (Å²) in [7, 11) is -6.39. The van der Waals surface area contributed by atoms with Crippen LogP contribution >= 0.6 is 0 Å². The van der Waals surface area contributed by atoms with E-state index in [0.29, 0.717) is 0 Å². The van der Waals surface area contributed by atoms with Gasteiger partial charge in [0.15, 0.2) is 11.8 Å². The van der Waals surface area contributed by atoms with E-state index in [4.69, 9.17) is 17.7 Å². The summed E-state index contributed by atoms with van der Waals surface area (Å²) in [6.07, 6.45) is -8.14. The predicted molar refractivity (Wildman–Crippen MR) is 138 cm³/mol. The van der Waals surface area contributed by atoms with Crippen LogP contribution in [0.4, 0.5) is 13.2 Å². The van der Waals surface area contributed by atoms with E-state index in [1.165, 1.54) is 0 Å². The van der Waals surface area contributed by atoms with Crippen LogP contribution in [0.5, 0.6) is 0 Å². The smallest absolute Gasteiger partial charge is 0.414 e. The normalized spacial score (nSPS) is 29.2. The predicted octanol–water partition coefficient (Wildman–Crippen LogP) is 3.69. The van der Waals surface area contributed by atoms with Gasteiger partial charge in [0.05, 0.1) is 6.61 Å². The first-order chi connectivity index (χ1) is 17.4. The zero-order valence-corrected chi connectivity index (χ0v) is 24.9. The van der Waals surface area contributed by atoms with E-state index >= 15 is 0 Å². The maximum absolute atomic E-state index is 13.3. The molecule has 2 N–H and O–H groups in total. The van der Waals surface area contributed by atoms with Crippen molar-refractivity contribution >= 4 is 17.1 Å². The Balaban J connectivity index is 2.28. The molecule has 0 unspecified atom stereocenters. The number of aliphatic hydroxyl groups is 1. The van der Waals surface area contributed by atoms with Crippen LogP contribution in [0.1, 0.15) is 61.6 Å². The van der Waals surface area contributed by atoms with Gasteiger partial charge in [0.25, 0.3) is 5.56 Å². The minimum Gasteiger partial charge on any atom is -0.414 e. The molecule has 3 heterocycles. The van der Waals surface area contributed by atoms with Gasteiger partial charge in [-0.3, -0.25) is 14.3 Å². The standard InChI is InChI=1S/C24H37F3N2O7Si2/c1-14(2)37(15(3)4)33-13-18-20(35-38(36-37,16(5)6)17(7)8)23(32,10-11-24(25,26)27)21(34-18)29-12-9-19(30)28-22(29)31/h9,12,14-18,20-21,32H,13H2,1-8H3,(H,28,30,31)/t18-,20-,21-,23+/m1/s1. The van der Waals surface area contributed by atoms with E-state index in [1.807, 2.05) is 66.3 Å². The molecule has 9 nitrogen and oxygen atoms in total. The Bertz CT molecular complexity index is 1170. The molecule has 214 valence electrons. The fourth-order valence-corrected chi connectivity index (χ4v) is 16.6. The molecule has 3 rings (SSSR count). The van der Waals surface area contributed by atoms with Gasteiger partial charge >= 0.3 is 29.0 Å². The van der Waals surface area contributed by atoms with Crippen LogP contribution in [0.2, 0.25) is 22.2 Å². The highest BCUT2D eigenvalue weighted by Gasteiger charge is 2.66. The van der Waals surface area contributed by atoms with Crippen molar-refractivity contribution in [1.29, 1.82) is 0 Å². The molecule has 0 saturated carbocycles. The van der Waals surface area contributed by atoms with Crippen LogP contribution in [0, 0.1) is 11.8 Å². The number of hydrogen-bond donors (Lipinski definition) is 2. The second-order valence-corrected chi connectivity index (χ2v) is 20.0. The summed E-state index contributed by atoms with van der Waals surface area (Å²) in [5.74, 6) is 3.06. The Hall–Kier alpha value is -1.74. The summed E-state index contributed by atoms with van der Waals surface area (Å²) in [6.45, 7) is 15.6. The first-order valence-electron chi connectivity index (χ1n) is 12.7. The van der Waals surface area contributed by atoms with E-state index in [1.54, 1.807) is 0 Å². The summed E-state index contributed by atoms with van der Waals surface area (Å²) in [4.78, 5) is 26.3. The van der Waals surface area contributed by atoms with Crippen molar-refractivity contribution in [3.8, 4) is 11.8 Å². The number of nitrogens with one attached hydrogen (secondary N) is 1.